The monoisotopic (exact) mass is 355 g/mol. The van der Waals surface area contributed by atoms with Gasteiger partial charge in [-0.05, 0) is 32.8 Å². The van der Waals surface area contributed by atoms with Crippen molar-refractivity contribution in [2.75, 3.05) is 19.8 Å². The van der Waals surface area contributed by atoms with E-state index in [4.69, 9.17) is 18.6 Å². The Kier molecular flexibility index (Phi) is 5.75. The van der Waals surface area contributed by atoms with Crippen LogP contribution in [0.2, 0.25) is 0 Å². The average molecular weight is 355 g/mol. The number of benzene rings is 1. The lowest BCUT2D eigenvalue weighted by atomic mass is 10.1. The van der Waals surface area contributed by atoms with Crippen molar-refractivity contribution in [3.8, 4) is 0 Å². The molecule has 0 aliphatic carbocycles. The van der Waals surface area contributed by atoms with E-state index in [1.165, 1.54) is 0 Å². The molecule has 6 nitrogen and oxygen atoms in total. The molecule has 0 amide bonds. The lowest BCUT2D eigenvalue weighted by Crippen LogP contribution is -2.35. The summed E-state index contributed by atoms with van der Waals surface area (Å²) in [4.78, 5) is 6.03. The summed E-state index contributed by atoms with van der Waals surface area (Å²) in [6, 6.07) is 9.93. The topological polar surface area (TPSA) is 57.2 Å². The molecule has 0 aromatic heterocycles. The van der Waals surface area contributed by atoms with Crippen molar-refractivity contribution in [2.45, 2.75) is 45.3 Å². The van der Waals surface area contributed by atoms with Crippen molar-refractivity contribution in [1.29, 1.82) is 0 Å². The number of ether oxygens (including phenoxy) is 1. The fourth-order valence-corrected chi connectivity index (χ4v) is 5.86. The molecule has 24 heavy (non-hydrogen) atoms. The molecule has 2 aliphatic heterocycles. The molecule has 2 heterocycles. The highest BCUT2D eigenvalue weighted by atomic mass is 31.2. The molecule has 7 heteroatoms. The van der Waals surface area contributed by atoms with E-state index in [0.29, 0.717) is 19.8 Å². The van der Waals surface area contributed by atoms with Crippen LogP contribution in [0.4, 0.5) is 0 Å². The van der Waals surface area contributed by atoms with Crippen LogP contribution >= 0.6 is 7.60 Å². The number of fused-ring (bicyclic) bond motifs is 1. The van der Waals surface area contributed by atoms with Crippen LogP contribution in [0.1, 0.15) is 38.8 Å². The minimum atomic E-state index is -3.35. The van der Waals surface area contributed by atoms with Gasteiger partial charge in [-0.15, -0.1) is 0 Å². The first kappa shape index (κ1) is 18.1. The second-order valence-corrected chi connectivity index (χ2v) is 8.16. The minimum Gasteiger partial charge on any atom is -0.350 e. The SMILES string of the molecule is CCOP(=O)(OCC)[C@@H]1[C@H]2CCO[C@H]2ON1[C@@H](C)c1ccccc1. The van der Waals surface area contributed by atoms with Gasteiger partial charge in [0.2, 0.25) is 0 Å². The Bertz CT molecular complexity index is 574. The predicted octanol–water partition coefficient (Wildman–Crippen LogP) is 3.95. The van der Waals surface area contributed by atoms with Crippen molar-refractivity contribution < 1.29 is 23.2 Å². The molecule has 1 aromatic rings. The molecule has 2 saturated heterocycles. The normalized spacial score (nSPS) is 28.9. The van der Waals surface area contributed by atoms with Crippen LogP contribution in [0.15, 0.2) is 30.3 Å². The zero-order valence-electron chi connectivity index (χ0n) is 14.5. The molecular formula is C17H26NO5P. The van der Waals surface area contributed by atoms with Gasteiger partial charge < -0.3 is 13.8 Å². The number of rotatable bonds is 7. The molecule has 2 aliphatic rings. The third-order valence-electron chi connectivity index (χ3n) is 4.56. The van der Waals surface area contributed by atoms with E-state index in [1.54, 1.807) is 5.06 Å². The van der Waals surface area contributed by atoms with Gasteiger partial charge in [0.15, 0.2) is 6.29 Å². The second kappa shape index (κ2) is 7.65. The maximum atomic E-state index is 13.5. The lowest BCUT2D eigenvalue weighted by molar-refractivity contribution is -0.244. The highest BCUT2D eigenvalue weighted by molar-refractivity contribution is 7.54. The standard InChI is InChI=1S/C17H26NO5P/c1-4-21-24(19,22-5-2)16-15-11-12-20-17(15)23-18(16)13(3)14-9-7-6-8-10-14/h6-10,13,15-17H,4-5,11-12H2,1-3H3/t13-,15+,16+,17-/m0/s1. The molecule has 2 fully saturated rings. The molecule has 4 atom stereocenters. The van der Waals surface area contributed by atoms with E-state index in [-0.39, 0.29) is 18.2 Å². The van der Waals surface area contributed by atoms with E-state index >= 15 is 0 Å². The molecule has 0 saturated carbocycles. The smallest absolute Gasteiger partial charge is 0.350 e. The van der Waals surface area contributed by atoms with Gasteiger partial charge in [0.25, 0.3) is 0 Å². The summed E-state index contributed by atoms with van der Waals surface area (Å²) < 4.78 is 30.4. The summed E-state index contributed by atoms with van der Waals surface area (Å²) in [5, 5.41) is 1.77. The molecular weight excluding hydrogens is 329 g/mol. The Morgan fingerprint density at radius 2 is 1.92 bits per heavy atom. The van der Waals surface area contributed by atoms with Crippen LogP contribution in [-0.4, -0.2) is 37.0 Å². The first-order valence-electron chi connectivity index (χ1n) is 8.61. The highest BCUT2D eigenvalue weighted by Crippen LogP contribution is 2.62. The second-order valence-electron chi connectivity index (χ2n) is 6.03. The number of nitrogens with zero attached hydrogens (tertiary/aromatic N) is 1. The number of hydroxylamine groups is 2. The Morgan fingerprint density at radius 1 is 1.25 bits per heavy atom. The van der Waals surface area contributed by atoms with Crippen LogP contribution in [0.5, 0.6) is 0 Å². The molecule has 0 spiro atoms. The average Bonchev–Trinajstić information content (AvgIpc) is 3.16. The molecule has 0 N–H and O–H groups in total. The number of hydrogen-bond acceptors (Lipinski definition) is 6. The Morgan fingerprint density at radius 3 is 2.54 bits per heavy atom. The van der Waals surface area contributed by atoms with Crippen LogP contribution in [-0.2, 0) is 23.2 Å². The number of hydrogen-bond donors (Lipinski definition) is 0. The molecule has 0 radical (unpaired) electrons. The van der Waals surface area contributed by atoms with Gasteiger partial charge in [0.1, 0.15) is 5.78 Å². The minimum absolute atomic E-state index is 0.0138. The summed E-state index contributed by atoms with van der Waals surface area (Å²) in [6.07, 6.45) is 0.410. The third kappa shape index (κ3) is 3.32. The first-order valence-corrected chi connectivity index (χ1v) is 10.2. The van der Waals surface area contributed by atoms with E-state index in [1.807, 2.05) is 51.1 Å². The molecule has 0 bridgehead atoms. The maximum absolute atomic E-state index is 13.5. The lowest BCUT2D eigenvalue weighted by Gasteiger charge is -2.34. The van der Waals surface area contributed by atoms with Crippen molar-refractivity contribution in [3.05, 3.63) is 35.9 Å². The fraction of sp³-hybridized carbons (Fsp3) is 0.647. The third-order valence-corrected chi connectivity index (χ3v) is 7.05. The van der Waals surface area contributed by atoms with Gasteiger partial charge in [0, 0.05) is 5.92 Å². The predicted molar refractivity (Wildman–Crippen MR) is 90.3 cm³/mol. The van der Waals surface area contributed by atoms with Gasteiger partial charge in [-0.3, -0.25) is 9.40 Å². The van der Waals surface area contributed by atoms with Gasteiger partial charge >= 0.3 is 7.60 Å². The summed E-state index contributed by atoms with van der Waals surface area (Å²) in [5.74, 6) is -0.472. The van der Waals surface area contributed by atoms with Gasteiger partial charge in [-0.2, -0.15) is 5.06 Å². The maximum Gasteiger partial charge on any atom is 0.350 e. The van der Waals surface area contributed by atoms with E-state index in [0.717, 1.165) is 12.0 Å². The molecule has 3 rings (SSSR count). The van der Waals surface area contributed by atoms with Crippen molar-refractivity contribution >= 4 is 7.60 Å². The Hall–Kier alpha value is -0.750. The quantitative estimate of drug-likeness (QED) is 0.690. The summed E-state index contributed by atoms with van der Waals surface area (Å²) in [5.41, 5.74) is 1.09. The van der Waals surface area contributed by atoms with Crippen molar-refractivity contribution in [2.24, 2.45) is 5.92 Å². The Balaban J connectivity index is 1.93. The van der Waals surface area contributed by atoms with Crippen LogP contribution < -0.4 is 0 Å². The fourth-order valence-electron chi connectivity index (χ4n) is 3.47. The summed E-state index contributed by atoms with van der Waals surface area (Å²) >= 11 is 0. The summed E-state index contributed by atoms with van der Waals surface area (Å²) in [7, 11) is -3.35. The zero-order valence-corrected chi connectivity index (χ0v) is 15.4. The summed E-state index contributed by atoms with van der Waals surface area (Å²) in [6.45, 7) is 6.96. The Labute approximate surface area is 143 Å². The van der Waals surface area contributed by atoms with E-state index in [9.17, 15) is 4.57 Å². The largest absolute Gasteiger partial charge is 0.350 e. The van der Waals surface area contributed by atoms with Crippen molar-refractivity contribution in [3.63, 3.8) is 0 Å². The molecule has 0 unspecified atom stereocenters. The van der Waals surface area contributed by atoms with Gasteiger partial charge in [-0.25, -0.2) is 0 Å². The van der Waals surface area contributed by atoms with Crippen molar-refractivity contribution in [1.82, 2.24) is 5.06 Å². The van der Waals surface area contributed by atoms with E-state index in [2.05, 4.69) is 0 Å². The molecule has 1 aromatic carbocycles. The van der Waals surface area contributed by atoms with Crippen LogP contribution in [0, 0.1) is 5.92 Å². The van der Waals surface area contributed by atoms with Crippen LogP contribution in [0.25, 0.3) is 0 Å². The van der Waals surface area contributed by atoms with E-state index < -0.39 is 13.4 Å². The molecule has 134 valence electrons. The van der Waals surface area contributed by atoms with Gasteiger partial charge in [-0.1, -0.05) is 30.3 Å². The first-order chi connectivity index (χ1) is 11.6. The van der Waals surface area contributed by atoms with Gasteiger partial charge in [0.05, 0.1) is 25.9 Å². The zero-order chi connectivity index (χ0) is 17.2. The van der Waals surface area contributed by atoms with Crippen LogP contribution in [0.3, 0.4) is 0 Å². The highest BCUT2D eigenvalue weighted by Gasteiger charge is 2.58.